The minimum absolute atomic E-state index is 0.0816. The Hall–Kier alpha value is -1.38. The third-order valence-corrected chi connectivity index (χ3v) is 2.78. The van der Waals surface area contributed by atoms with Crippen molar-refractivity contribution in [2.45, 2.75) is 13.5 Å². The number of benzene rings is 1. The van der Waals surface area contributed by atoms with Gasteiger partial charge in [0.15, 0.2) is 0 Å². The van der Waals surface area contributed by atoms with Crippen LogP contribution in [0.4, 0.5) is 0 Å². The van der Waals surface area contributed by atoms with Crippen LogP contribution in [0.3, 0.4) is 0 Å². The summed E-state index contributed by atoms with van der Waals surface area (Å²) in [5, 5.41) is 9.45. The Labute approximate surface area is 99.5 Å². The molecule has 0 aliphatic heterocycles. The monoisotopic (exact) mass is 233 g/mol. The summed E-state index contributed by atoms with van der Waals surface area (Å²) in [6.45, 7) is 1.88. The predicted octanol–water partition coefficient (Wildman–Crippen LogP) is 3.20. The Morgan fingerprint density at radius 3 is 2.56 bits per heavy atom. The summed E-state index contributed by atoms with van der Waals surface area (Å²) in [5.41, 5.74) is 3.58. The van der Waals surface area contributed by atoms with Crippen molar-refractivity contribution in [3.05, 3.63) is 52.7 Å². The third kappa shape index (κ3) is 2.08. The molecular formula is C13H12ClNO. The van der Waals surface area contributed by atoms with E-state index in [1.165, 1.54) is 0 Å². The molecule has 2 aromatic rings. The molecule has 0 radical (unpaired) electrons. The van der Waals surface area contributed by atoms with Crippen LogP contribution in [0.15, 0.2) is 36.4 Å². The second-order valence-electron chi connectivity index (χ2n) is 3.63. The molecule has 0 saturated carbocycles. The van der Waals surface area contributed by atoms with E-state index in [4.69, 9.17) is 16.7 Å². The van der Waals surface area contributed by atoms with Crippen molar-refractivity contribution >= 4 is 11.6 Å². The van der Waals surface area contributed by atoms with Gasteiger partial charge in [0.1, 0.15) is 5.15 Å². The van der Waals surface area contributed by atoms with Gasteiger partial charge in [0.2, 0.25) is 0 Å². The standard InChI is InChI=1S/C13H12ClNO/c1-9-7-11(8-16)13(14)15-12(9)10-5-3-2-4-6-10/h2-7,16H,8H2,1H3. The van der Waals surface area contributed by atoms with Gasteiger partial charge in [-0.2, -0.15) is 0 Å². The quantitative estimate of drug-likeness (QED) is 0.808. The molecule has 1 N–H and O–H groups in total. The highest BCUT2D eigenvalue weighted by molar-refractivity contribution is 6.30. The van der Waals surface area contributed by atoms with Gasteiger partial charge in [-0.05, 0) is 18.6 Å². The lowest BCUT2D eigenvalue weighted by Crippen LogP contribution is -1.94. The van der Waals surface area contributed by atoms with Crippen LogP contribution in [0.2, 0.25) is 5.15 Å². The zero-order valence-electron chi connectivity index (χ0n) is 8.94. The van der Waals surface area contributed by atoms with Gasteiger partial charge in [-0.1, -0.05) is 41.9 Å². The highest BCUT2D eigenvalue weighted by Crippen LogP contribution is 2.25. The molecule has 1 aromatic heterocycles. The summed E-state index contributed by atoms with van der Waals surface area (Å²) >= 11 is 5.98. The van der Waals surface area contributed by atoms with Crippen molar-refractivity contribution in [3.63, 3.8) is 0 Å². The molecule has 16 heavy (non-hydrogen) atoms. The van der Waals surface area contributed by atoms with E-state index >= 15 is 0 Å². The van der Waals surface area contributed by atoms with Crippen LogP contribution in [0.5, 0.6) is 0 Å². The first-order chi connectivity index (χ1) is 7.72. The van der Waals surface area contributed by atoms with Gasteiger partial charge in [-0.15, -0.1) is 0 Å². The number of rotatable bonds is 2. The van der Waals surface area contributed by atoms with Gasteiger partial charge in [0.25, 0.3) is 0 Å². The Balaban J connectivity index is 2.55. The largest absolute Gasteiger partial charge is 0.392 e. The molecule has 0 bridgehead atoms. The molecule has 0 aliphatic carbocycles. The maximum atomic E-state index is 9.08. The highest BCUT2D eigenvalue weighted by atomic mass is 35.5. The molecule has 0 spiro atoms. The van der Waals surface area contributed by atoms with Crippen LogP contribution in [-0.2, 0) is 6.61 Å². The average molecular weight is 234 g/mol. The van der Waals surface area contributed by atoms with Gasteiger partial charge < -0.3 is 5.11 Å². The number of aliphatic hydroxyl groups is 1. The maximum Gasteiger partial charge on any atom is 0.135 e. The van der Waals surface area contributed by atoms with Crippen molar-refractivity contribution in [1.82, 2.24) is 4.98 Å². The van der Waals surface area contributed by atoms with Gasteiger partial charge in [0, 0.05) is 11.1 Å². The van der Waals surface area contributed by atoms with E-state index in [2.05, 4.69) is 4.98 Å². The van der Waals surface area contributed by atoms with Gasteiger partial charge in [-0.25, -0.2) is 4.98 Å². The topological polar surface area (TPSA) is 33.1 Å². The second kappa shape index (κ2) is 4.64. The minimum Gasteiger partial charge on any atom is -0.392 e. The van der Waals surface area contributed by atoms with Crippen molar-refractivity contribution in [2.75, 3.05) is 0 Å². The Morgan fingerprint density at radius 1 is 1.25 bits per heavy atom. The molecular weight excluding hydrogens is 222 g/mol. The number of hydrogen-bond donors (Lipinski definition) is 1. The first kappa shape index (κ1) is 11.1. The Kier molecular flexibility index (Phi) is 3.22. The molecule has 2 nitrogen and oxygen atoms in total. The van der Waals surface area contributed by atoms with Crippen LogP contribution in [-0.4, -0.2) is 10.1 Å². The van der Waals surface area contributed by atoms with Crippen molar-refractivity contribution in [3.8, 4) is 11.3 Å². The van der Waals surface area contributed by atoms with E-state index < -0.39 is 0 Å². The summed E-state index contributed by atoms with van der Waals surface area (Å²) in [6, 6.07) is 11.7. The molecule has 0 atom stereocenters. The van der Waals surface area contributed by atoms with Gasteiger partial charge in [0.05, 0.1) is 12.3 Å². The zero-order valence-corrected chi connectivity index (χ0v) is 9.70. The van der Waals surface area contributed by atoms with E-state index in [1.54, 1.807) is 0 Å². The summed E-state index contributed by atoms with van der Waals surface area (Å²) in [5.74, 6) is 0. The number of aryl methyl sites for hydroxylation is 1. The van der Waals surface area contributed by atoms with Gasteiger partial charge in [-0.3, -0.25) is 0 Å². The minimum atomic E-state index is -0.0816. The Morgan fingerprint density at radius 2 is 1.94 bits per heavy atom. The van der Waals surface area contributed by atoms with Crippen LogP contribution in [0.1, 0.15) is 11.1 Å². The first-order valence-electron chi connectivity index (χ1n) is 5.04. The lowest BCUT2D eigenvalue weighted by Gasteiger charge is -2.08. The first-order valence-corrected chi connectivity index (χ1v) is 5.42. The van der Waals surface area contributed by atoms with E-state index in [1.807, 2.05) is 43.3 Å². The number of pyridine rings is 1. The smallest absolute Gasteiger partial charge is 0.135 e. The third-order valence-electron chi connectivity index (χ3n) is 2.46. The number of halogens is 1. The normalized spacial score (nSPS) is 10.4. The van der Waals surface area contributed by atoms with Crippen molar-refractivity contribution < 1.29 is 5.11 Å². The lowest BCUT2D eigenvalue weighted by molar-refractivity contribution is 0.281. The van der Waals surface area contributed by atoms with Crippen LogP contribution >= 0.6 is 11.6 Å². The maximum absolute atomic E-state index is 9.08. The van der Waals surface area contributed by atoms with E-state index in [-0.39, 0.29) is 6.61 Å². The summed E-state index contributed by atoms with van der Waals surface area (Å²) in [4.78, 5) is 4.32. The van der Waals surface area contributed by atoms with Gasteiger partial charge >= 0.3 is 0 Å². The summed E-state index contributed by atoms with van der Waals surface area (Å²) in [7, 11) is 0. The summed E-state index contributed by atoms with van der Waals surface area (Å²) in [6.07, 6.45) is 0. The SMILES string of the molecule is Cc1cc(CO)c(Cl)nc1-c1ccccc1. The molecule has 0 fully saturated rings. The molecule has 2 rings (SSSR count). The highest BCUT2D eigenvalue weighted by Gasteiger charge is 2.08. The molecule has 0 unspecified atom stereocenters. The fourth-order valence-electron chi connectivity index (χ4n) is 1.65. The second-order valence-corrected chi connectivity index (χ2v) is 3.99. The molecule has 1 heterocycles. The molecule has 0 aliphatic rings. The predicted molar refractivity (Wildman–Crippen MR) is 65.3 cm³/mol. The lowest BCUT2D eigenvalue weighted by atomic mass is 10.1. The van der Waals surface area contributed by atoms with Crippen LogP contribution in [0, 0.1) is 6.92 Å². The number of hydrogen-bond acceptors (Lipinski definition) is 2. The molecule has 0 saturated heterocycles. The fraction of sp³-hybridized carbons (Fsp3) is 0.154. The van der Waals surface area contributed by atoms with E-state index in [0.29, 0.717) is 10.7 Å². The molecule has 82 valence electrons. The Bertz CT molecular complexity index is 497. The summed E-state index contributed by atoms with van der Waals surface area (Å²) < 4.78 is 0. The van der Waals surface area contributed by atoms with Crippen molar-refractivity contribution in [1.29, 1.82) is 0 Å². The van der Waals surface area contributed by atoms with Crippen molar-refractivity contribution in [2.24, 2.45) is 0 Å². The number of nitrogens with zero attached hydrogens (tertiary/aromatic N) is 1. The number of aromatic nitrogens is 1. The fourth-order valence-corrected chi connectivity index (χ4v) is 1.85. The van der Waals surface area contributed by atoms with Crippen LogP contribution < -0.4 is 0 Å². The van der Waals surface area contributed by atoms with E-state index in [0.717, 1.165) is 16.8 Å². The molecule has 3 heteroatoms. The van der Waals surface area contributed by atoms with Crippen LogP contribution in [0.25, 0.3) is 11.3 Å². The average Bonchev–Trinajstić information content (AvgIpc) is 2.32. The van der Waals surface area contributed by atoms with E-state index in [9.17, 15) is 0 Å². The molecule has 1 aromatic carbocycles. The zero-order chi connectivity index (χ0) is 11.5. The molecule has 0 amide bonds. The number of aliphatic hydroxyl groups excluding tert-OH is 1.